The number of aliphatic hydroxyl groups is 1. The molecule has 1 fully saturated rings. The molecule has 0 radical (unpaired) electrons. The van der Waals surface area contributed by atoms with Gasteiger partial charge in [0.15, 0.2) is 0 Å². The van der Waals surface area contributed by atoms with Gasteiger partial charge in [-0.1, -0.05) is 49.3 Å². The van der Waals surface area contributed by atoms with Crippen LogP contribution in [0.1, 0.15) is 20.8 Å². The highest BCUT2D eigenvalue weighted by Crippen LogP contribution is 2.40. The summed E-state index contributed by atoms with van der Waals surface area (Å²) in [6.07, 6.45) is 0. The zero-order valence-corrected chi connectivity index (χ0v) is 12.0. The third-order valence-corrected chi connectivity index (χ3v) is 4.26. The number of aromatic nitrogens is 2. The summed E-state index contributed by atoms with van der Waals surface area (Å²) in [5.74, 6) is 0.574. The van der Waals surface area contributed by atoms with Gasteiger partial charge in [0.25, 0.3) is 0 Å². The topological polar surface area (TPSA) is 62.4 Å². The highest BCUT2D eigenvalue weighted by atomic mass is 16.5. The molecule has 0 amide bonds. The van der Waals surface area contributed by atoms with E-state index in [4.69, 9.17) is 4.52 Å². The first-order valence-electron chi connectivity index (χ1n) is 6.75. The molecular formula is C15H19N3O2. The maximum atomic E-state index is 10.4. The summed E-state index contributed by atoms with van der Waals surface area (Å²) < 4.78 is 5.34. The van der Waals surface area contributed by atoms with Crippen LogP contribution in [0.3, 0.4) is 0 Å². The minimum atomic E-state index is -0.769. The van der Waals surface area contributed by atoms with E-state index in [0.29, 0.717) is 24.9 Å². The second kappa shape index (κ2) is 4.31. The molecule has 0 saturated carbocycles. The molecule has 2 heterocycles. The molecule has 5 heteroatoms. The summed E-state index contributed by atoms with van der Waals surface area (Å²) in [7, 11) is 0. The minimum Gasteiger partial charge on any atom is -0.388 e. The van der Waals surface area contributed by atoms with Gasteiger partial charge in [-0.05, 0) is 6.92 Å². The number of hydrogen-bond donors (Lipinski definition) is 1. The standard InChI is InChI=1S/C15H19N3O2/c1-14(2)9-18(10-15(14,3)19)13-16-12(17-20-13)11-7-5-4-6-8-11/h4-8,19H,9-10H2,1-3H3. The van der Waals surface area contributed by atoms with Crippen LogP contribution in [0.5, 0.6) is 0 Å². The number of rotatable bonds is 2. The third-order valence-electron chi connectivity index (χ3n) is 4.26. The van der Waals surface area contributed by atoms with E-state index in [1.165, 1.54) is 0 Å². The van der Waals surface area contributed by atoms with E-state index in [0.717, 1.165) is 5.56 Å². The van der Waals surface area contributed by atoms with Crippen LogP contribution in [-0.4, -0.2) is 33.9 Å². The lowest BCUT2D eigenvalue weighted by Gasteiger charge is -2.30. The van der Waals surface area contributed by atoms with Crippen LogP contribution in [0.2, 0.25) is 0 Å². The lowest BCUT2D eigenvalue weighted by molar-refractivity contribution is -0.00895. The molecule has 1 saturated heterocycles. The fraction of sp³-hybridized carbons (Fsp3) is 0.467. The first-order chi connectivity index (χ1) is 9.39. The van der Waals surface area contributed by atoms with Crippen LogP contribution >= 0.6 is 0 Å². The minimum absolute atomic E-state index is 0.214. The monoisotopic (exact) mass is 273 g/mol. The normalized spacial score (nSPS) is 25.1. The maximum absolute atomic E-state index is 10.4. The smallest absolute Gasteiger partial charge is 0.324 e. The Kier molecular flexibility index (Phi) is 2.83. The van der Waals surface area contributed by atoms with Gasteiger partial charge in [0.2, 0.25) is 5.82 Å². The van der Waals surface area contributed by atoms with Gasteiger partial charge >= 0.3 is 6.01 Å². The molecule has 2 aromatic rings. The van der Waals surface area contributed by atoms with Crippen molar-refractivity contribution in [2.45, 2.75) is 26.4 Å². The van der Waals surface area contributed by atoms with E-state index in [2.05, 4.69) is 10.1 Å². The molecule has 5 nitrogen and oxygen atoms in total. The number of hydrogen-bond acceptors (Lipinski definition) is 5. The Morgan fingerprint density at radius 1 is 1.15 bits per heavy atom. The predicted octanol–water partition coefficient (Wildman–Crippen LogP) is 2.33. The van der Waals surface area contributed by atoms with Crippen molar-refractivity contribution in [3.63, 3.8) is 0 Å². The van der Waals surface area contributed by atoms with E-state index < -0.39 is 5.60 Å². The van der Waals surface area contributed by atoms with Crippen molar-refractivity contribution in [3.8, 4) is 11.4 Å². The summed E-state index contributed by atoms with van der Waals surface area (Å²) in [6, 6.07) is 10.2. The molecule has 0 aliphatic carbocycles. The van der Waals surface area contributed by atoms with Crippen molar-refractivity contribution in [1.82, 2.24) is 10.1 Å². The summed E-state index contributed by atoms with van der Waals surface area (Å²) in [5.41, 5.74) is -0.0596. The Hall–Kier alpha value is -1.88. The molecule has 0 bridgehead atoms. The lowest BCUT2D eigenvalue weighted by atomic mass is 9.79. The largest absolute Gasteiger partial charge is 0.388 e. The van der Waals surface area contributed by atoms with Gasteiger partial charge in [-0.3, -0.25) is 0 Å². The summed E-state index contributed by atoms with van der Waals surface area (Å²) in [5, 5.41) is 14.5. The molecule has 0 spiro atoms. The van der Waals surface area contributed by atoms with E-state index in [1.54, 1.807) is 0 Å². The second-order valence-corrected chi connectivity index (χ2v) is 6.28. The van der Waals surface area contributed by atoms with Crippen molar-refractivity contribution < 1.29 is 9.63 Å². The molecule has 1 aromatic carbocycles. The molecule has 106 valence electrons. The van der Waals surface area contributed by atoms with Gasteiger partial charge in [0.05, 0.1) is 12.1 Å². The molecule has 1 atom stereocenters. The van der Waals surface area contributed by atoms with E-state index in [9.17, 15) is 5.11 Å². The number of nitrogens with zero attached hydrogens (tertiary/aromatic N) is 3. The lowest BCUT2D eigenvalue weighted by Crippen LogP contribution is -2.40. The Balaban J connectivity index is 1.86. The van der Waals surface area contributed by atoms with Crippen molar-refractivity contribution in [2.75, 3.05) is 18.0 Å². The molecule has 1 aliphatic heterocycles. The SMILES string of the molecule is CC1(C)CN(c2nc(-c3ccccc3)no2)CC1(C)O. The van der Waals surface area contributed by atoms with Crippen LogP contribution in [-0.2, 0) is 0 Å². The molecule has 20 heavy (non-hydrogen) atoms. The molecular weight excluding hydrogens is 254 g/mol. The first kappa shape index (κ1) is 13.1. The average molecular weight is 273 g/mol. The van der Waals surface area contributed by atoms with Gasteiger partial charge in [-0.2, -0.15) is 4.98 Å². The Morgan fingerprint density at radius 2 is 1.85 bits per heavy atom. The number of β-amino-alcohol motifs (C(OH)–C–C–N with tert-alkyl or cyclic N) is 1. The highest BCUT2D eigenvalue weighted by Gasteiger charge is 2.49. The zero-order chi connectivity index (χ0) is 14.4. The van der Waals surface area contributed by atoms with E-state index >= 15 is 0 Å². The summed E-state index contributed by atoms with van der Waals surface area (Å²) in [4.78, 5) is 6.37. The van der Waals surface area contributed by atoms with E-state index in [1.807, 2.05) is 56.0 Å². The fourth-order valence-corrected chi connectivity index (χ4v) is 2.47. The quantitative estimate of drug-likeness (QED) is 0.910. The van der Waals surface area contributed by atoms with Crippen LogP contribution in [0.4, 0.5) is 6.01 Å². The zero-order valence-electron chi connectivity index (χ0n) is 12.0. The third kappa shape index (κ3) is 2.08. The second-order valence-electron chi connectivity index (χ2n) is 6.28. The summed E-state index contributed by atoms with van der Waals surface area (Å²) in [6.45, 7) is 7.12. The highest BCUT2D eigenvalue weighted by molar-refractivity contribution is 5.55. The van der Waals surface area contributed by atoms with Crippen LogP contribution in [0.25, 0.3) is 11.4 Å². The molecule has 3 rings (SSSR count). The van der Waals surface area contributed by atoms with Crippen molar-refractivity contribution in [3.05, 3.63) is 30.3 Å². The van der Waals surface area contributed by atoms with Crippen molar-refractivity contribution in [1.29, 1.82) is 0 Å². The molecule has 1 unspecified atom stereocenters. The van der Waals surface area contributed by atoms with Crippen LogP contribution < -0.4 is 4.90 Å². The summed E-state index contributed by atoms with van der Waals surface area (Å²) >= 11 is 0. The predicted molar refractivity (Wildman–Crippen MR) is 76.4 cm³/mol. The van der Waals surface area contributed by atoms with Gasteiger partial charge in [0.1, 0.15) is 0 Å². The number of anilines is 1. The maximum Gasteiger partial charge on any atom is 0.324 e. The van der Waals surface area contributed by atoms with Gasteiger partial charge in [0, 0.05) is 17.5 Å². The van der Waals surface area contributed by atoms with Crippen LogP contribution in [0.15, 0.2) is 34.9 Å². The average Bonchev–Trinajstić information content (AvgIpc) is 2.94. The Labute approximate surface area is 118 Å². The van der Waals surface area contributed by atoms with Gasteiger partial charge < -0.3 is 14.5 Å². The first-order valence-corrected chi connectivity index (χ1v) is 6.75. The fourth-order valence-electron chi connectivity index (χ4n) is 2.47. The van der Waals surface area contributed by atoms with Gasteiger partial charge in [-0.15, -0.1) is 0 Å². The molecule has 1 aliphatic rings. The van der Waals surface area contributed by atoms with Crippen molar-refractivity contribution in [2.24, 2.45) is 5.41 Å². The van der Waals surface area contributed by atoms with Crippen molar-refractivity contribution >= 4 is 6.01 Å². The molecule has 1 aromatic heterocycles. The van der Waals surface area contributed by atoms with Crippen LogP contribution in [0, 0.1) is 5.41 Å². The Morgan fingerprint density at radius 3 is 2.45 bits per heavy atom. The van der Waals surface area contributed by atoms with E-state index in [-0.39, 0.29) is 5.41 Å². The Bertz CT molecular complexity index is 589. The van der Waals surface area contributed by atoms with Gasteiger partial charge in [-0.25, -0.2) is 0 Å². The number of benzene rings is 1. The molecule has 1 N–H and O–H groups in total.